The van der Waals surface area contributed by atoms with E-state index in [0.29, 0.717) is 11.3 Å². The molecule has 7 nitrogen and oxygen atoms in total. The molecule has 0 aromatic carbocycles. The van der Waals surface area contributed by atoms with Gasteiger partial charge in [0.1, 0.15) is 5.60 Å². The number of carbonyl (C=O) groups is 1. The number of oxime groups is 1. The summed E-state index contributed by atoms with van der Waals surface area (Å²) >= 11 is 0. The Kier molecular flexibility index (Phi) is 4.68. The first-order chi connectivity index (χ1) is 8.81. The Morgan fingerprint density at radius 2 is 2.21 bits per heavy atom. The van der Waals surface area contributed by atoms with E-state index in [2.05, 4.69) is 15.5 Å². The Morgan fingerprint density at radius 3 is 2.68 bits per heavy atom. The molecule has 0 bridgehead atoms. The van der Waals surface area contributed by atoms with Gasteiger partial charge in [-0.25, -0.2) is 4.79 Å². The van der Waals surface area contributed by atoms with Crippen molar-refractivity contribution < 1.29 is 14.7 Å². The highest BCUT2D eigenvalue weighted by Crippen LogP contribution is 2.07. The fourth-order valence-electron chi connectivity index (χ4n) is 1.22. The molecule has 0 saturated carbocycles. The molecule has 0 spiro atoms. The number of nitrogens with zero attached hydrogens (tertiary/aromatic N) is 2. The molecule has 19 heavy (non-hydrogen) atoms. The molecule has 7 heteroatoms. The van der Waals surface area contributed by atoms with E-state index in [9.17, 15) is 4.79 Å². The van der Waals surface area contributed by atoms with Gasteiger partial charge in [0, 0.05) is 11.8 Å². The van der Waals surface area contributed by atoms with Crippen molar-refractivity contribution in [3.8, 4) is 0 Å². The van der Waals surface area contributed by atoms with Crippen molar-refractivity contribution in [2.75, 3.05) is 0 Å². The molecule has 1 heterocycles. The second-order valence-corrected chi connectivity index (χ2v) is 4.88. The van der Waals surface area contributed by atoms with Crippen LogP contribution in [0.25, 0.3) is 0 Å². The molecule has 4 N–H and O–H groups in total. The largest absolute Gasteiger partial charge is 0.444 e. The predicted octanol–water partition coefficient (Wildman–Crippen LogP) is 1.20. The number of amidine groups is 1. The molecule has 104 valence electrons. The van der Waals surface area contributed by atoms with E-state index in [0.717, 1.165) is 0 Å². The van der Waals surface area contributed by atoms with Gasteiger partial charge >= 0.3 is 6.09 Å². The first kappa shape index (κ1) is 14.7. The smallest absolute Gasteiger partial charge is 0.407 e. The zero-order valence-electron chi connectivity index (χ0n) is 11.2. The highest BCUT2D eigenvalue weighted by Gasteiger charge is 2.15. The maximum absolute atomic E-state index is 11.4. The average Bonchev–Trinajstić information content (AvgIpc) is 2.34. The minimum Gasteiger partial charge on any atom is -0.444 e. The number of rotatable bonds is 3. The summed E-state index contributed by atoms with van der Waals surface area (Å²) in [5, 5.41) is 14.0. The van der Waals surface area contributed by atoms with E-state index in [-0.39, 0.29) is 12.4 Å². The van der Waals surface area contributed by atoms with Gasteiger partial charge < -0.3 is 21.0 Å². The number of hydrogen-bond donors (Lipinski definition) is 3. The Bertz CT molecular complexity index is 463. The Balaban J connectivity index is 2.53. The lowest BCUT2D eigenvalue weighted by atomic mass is 10.2. The minimum absolute atomic E-state index is 0.0147. The molecule has 0 aliphatic rings. The summed E-state index contributed by atoms with van der Waals surface area (Å²) in [4.78, 5) is 15.5. The van der Waals surface area contributed by atoms with Crippen LogP contribution in [0.3, 0.4) is 0 Å². The van der Waals surface area contributed by atoms with Crippen LogP contribution < -0.4 is 11.1 Å². The van der Waals surface area contributed by atoms with Gasteiger partial charge in [0.2, 0.25) is 0 Å². The van der Waals surface area contributed by atoms with Crippen molar-refractivity contribution in [3.63, 3.8) is 0 Å². The van der Waals surface area contributed by atoms with Crippen LogP contribution in [0.1, 0.15) is 32.0 Å². The van der Waals surface area contributed by atoms with Crippen LogP contribution in [0, 0.1) is 0 Å². The summed E-state index contributed by atoms with van der Waals surface area (Å²) in [5.74, 6) is -0.0147. The van der Waals surface area contributed by atoms with E-state index in [4.69, 9.17) is 15.7 Å². The van der Waals surface area contributed by atoms with Crippen LogP contribution in [0.2, 0.25) is 0 Å². The fourth-order valence-corrected chi connectivity index (χ4v) is 1.22. The summed E-state index contributed by atoms with van der Waals surface area (Å²) in [6, 6.07) is 3.32. The van der Waals surface area contributed by atoms with Gasteiger partial charge in [0.05, 0.1) is 12.2 Å². The van der Waals surface area contributed by atoms with Gasteiger partial charge in [-0.3, -0.25) is 4.98 Å². The van der Waals surface area contributed by atoms with Crippen LogP contribution in [-0.4, -0.2) is 27.7 Å². The minimum atomic E-state index is -0.534. The van der Waals surface area contributed by atoms with Crippen LogP contribution >= 0.6 is 0 Å². The molecule has 1 aromatic rings. The van der Waals surface area contributed by atoms with Crippen molar-refractivity contribution in [2.24, 2.45) is 10.9 Å². The number of nitrogens with one attached hydrogen (secondary N) is 1. The van der Waals surface area contributed by atoms with Crippen molar-refractivity contribution in [3.05, 3.63) is 29.6 Å². The van der Waals surface area contributed by atoms with Gasteiger partial charge in [-0.15, -0.1) is 0 Å². The first-order valence-electron chi connectivity index (χ1n) is 5.71. The highest BCUT2D eigenvalue weighted by molar-refractivity contribution is 5.96. The normalized spacial score (nSPS) is 12.1. The molecule has 1 aromatic heterocycles. The third-order valence-corrected chi connectivity index (χ3v) is 2.04. The summed E-state index contributed by atoms with van der Waals surface area (Å²) in [7, 11) is 0. The molecule has 0 aliphatic heterocycles. The average molecular weight is 266 g/mol. The molecule has 0 saturated heterocycles. The van der Waals surface area contributed by atoms with E-state index in [1.165, 1.54) is 6.20 Å². The van der Waals surface area contributed by atoms with E-state index >= 15 is 0 Å². The highest BCUT2D eigenvalue weighted by atomic mass is 16.6. The van der Waals surface area contributed by atoms with Gasteiger partial charge in [-0.1, -0.05) is 5.16 Å². The second kappa shape index (κ2) is 6.03. The number of aromatic nitrogens is 1. The van der Waals surface area contributed by atoms with Gasteiger partial charge in [-0.05, 0) is 32.9 Å². The lowest BCUT2D eigenvalue weighted by molar-refractivity contribution is 0.0523. The summed E-state index contributed by atoms with van der Waals surface area (Å²) in [6.07, 6.45) is 0.955. The zero-order chi connectivity index (χ0) is 14.5. The third-order valence-electron chi connectivity index (χ3n) is 2.04. The molecule has 0 atom stereocenters. The van der Waals surface area contributed by atoms with Gasteiger partial charge in [0.25, 0.3) is 0 Å². The second-order valence-electron chi connectivity index (χ2n) is 4.88. The number of pyridine rings is 1. The SMILES string of the molecule is CC(C)(C)OC(=O)NCc1ccc(/C(N)=N/O)cn1. The van der Waals surface area contributed by atoms with E-state index in [1.54, 1.807) is 32.9 Å². The number of ether oxygens (including phenoxy) is 1. The van der Waals surface area contributed by atoms with Gasteiger partial charge in [0.15, 0.2) is 5.84 Å². The standard InChI is InChI=1S/C12H18N4O3/c1-12(2,3)19-11(17)15-7-9-5-4-8(6-14-9)10(13)16-18/h4-6,18H,7H2,1-3H3,(H2,13,16)(H,15,17). The fraction of sp³-hybridized carbons (Fsp3) is 0.417. The first-order valence-corrected chi connectivity index (χ1v) is 5.71. The predicted molar refractivity (Wildman–Crippen MR) is 69.8 cm³/mol. The van der Waals surface area contributed by atoms with Crippen molar-refractivity contribution in [1.29, 1.82) is 0 Å². The number of nitrogens with two attached hydrogens (primary N) is 1. The van der Waals surface area contributed by atoms with Crippen LogP contribution in [0.4, 0.5) is 4.79 Å². The molecule has 0 fully saturated rings. The van der Waals surface area contributed by atoms with Crippen LogP contribution in [0.15, 0.2) is 23.5 Å². The molecule has 0 radical (unpaired) electrons. The maximum atomic E-state index is 11.4. The van der Waals surface area contributed by atoms with Gasteiger partial charge in [-0.2, -0.15) is 0 Å². The molecule has 0 aliphatic carbocycles. The summed E-state index contributed by atoms with van der Waals surface area (Å²) < 4.78 is 5.09. The third kappa shape index (κ3) is 5.24. The topological polar surface area (TPSA) is 110 Å². The number of carbonyl (C=O) groups excluding carboxylic acids is 1. The molecule has 1 amide bonds. The number of alkyl carbamates (subject to hydrolysis) is 1. The lowest BCUT2D eigenvalue weighted by Crippen LogP contribution is -2.32. The summed E-state index contributed by atoms with van der Waals surface area (Å²) in [5.41, 5.74) is 6.01. The zero-order valence-corrected chi connectivity index (χ0v) is 11.2. The summed E-state index contributed by atoms with van der Waals surface area (Å²) in [6.45, 7) is 5.61. The number of amides is 1. The van der Waals surface area contributed by atoms with Crippen molar-refractivity contribution in [1.82, 2.24) is 10.3 Å². The Morgan fingerprint density at radius 1 is 1.53 bits per heavy atom. The monoisotopic (exact) mass is 266 g/mol. The molecule has 1 rings (SSSR count). The molecule has 0 unspecified atom stereocenters. The van der Waals surface area contributed by atoms with Crippen LogP contribution in [0.5, 0.6) is 0 Å². The maximum Gasteiger partial charge on any atom is 0.407 e. The van der Waals surface area contributed by atoms with E-state index < -0.39 is 11.7 Å². The van der Waals surface area contributed by atoms with Crippen molar-refractivity contribution in [2.45, 2.75) is 32.9 Å². The Hall–Kier alpha value is -2.31. The van der Waals surface area contributed by atoms with E-state index in [1.807, 2.05) is 0 Å². The molecular formula is C12H18N4O3. The number of hydrogen-bond acceptors (Lipinski definition) is 5. The molecular weight excluding hydrogens is 248 g/mol. The van der Waals surface area contributed by atoms with Crippen LogP contribution in [-0.2, 0) is 11.3 Å². The van der Waals surface area contributed by atoms with Crippen molar-refractivity contribution >= 4 is 11.9 Å². The lowest BCUT2D eigenvalue weighted by Gasteiger charge is -2.19. The quantitative estimate of drug-likeness (QED) is 0.329. The Labute approximate surface area is 111 Å².